The van der Waals surface area contributed by atoms with Crippen LogP contribution in [0.5, 0.6) is 0 Å². The van der Waals surface area contributed by atoms with Crippen LogP contribution in [0.3, 0.4) is 0 Å². The third kappa shape index (κ3) is 6.31. The van der Waals surface area contributed by atoms with Gasteiger partial charge in [0.1, 0.15) is 5.60 Å². The lowest BCUT2D eigenvalue weighted by Crippen LogP contribution is -2.32. The van der Waals surface area contributed by atoms with Crippen molar-refractivity contribution in [3.63, 3.8) is 0 Å². The standard InChI is InChI=1S/C22H22F3N3O3/c1-21(2,3)31-20(29)26-13-18-27-28-19(30-18)17-7-5-4-6-15(17)12-14-8-10-16(11-9-14)22(23,24)25/h4-11H,12-13H2,1-3H3,(H,26,29). The average Bonchev–Trinajstić information content (AvgIpc) is 3.14. The van der Waals surface area contributed by atoms with E-state index < -0.39 is 23.4 Å². The summed E-state index contributed by atoms with van der Waals surface area (Å²) < 4.78 is 49.1. The van der Waals surface area contributed by atoms with Crippen LogP contribution in [0.4, 0.5) is 18.0 Å². The van der Waals surface area contributed by atoms with Gasteiger partial charge in [0.15, 0.2) is 0 Å². The summed E-state index contributed by atoms with van der Waals surface area (Å²) in [5.74, 6) is 0.452. The highest BCUT2D eigenvalue weighted by atomic mass is 19.4. The highest BCUT2D eigenvalue weighted by Gasteiger charge is 2.30. The first kappa shape index (κ1) is 22.3. The number of carbonyl (C=O) groups excluding carboxylic acids is 1. The normalized spacial score (nSPS) is 11.9. The van der Waals surface area contributed by atoms with Crippen molar-refractivity contribution >= 4 is 6.09 Å². The number of carbonyl (C=O) groups is 1. The van der Waals surface area contributed by atoms with E-state index in [0.717, 1.165) is 17.7 Å². The highest BCUT2D eigenvalue weighted by Crippen LogP contribution is 2.30. The molecule has 1 N–H and O–H groups in total. The summed E-state index contributed by atoms with van der Waals surface area (Å²) in [4.78, 5) is 11.8. The van der Waals surface area contributed by atoms with Gasteiger partial charge in [-0.15, -0.1) is 10.2 Å². The molecular formula is C22H22F3N3O3. The maximum absolute atomic E-state index is 12.8. The van der Waals surface area contributed by atoms with Gasteiger partial charge < -0.3 is 14.5 Å². The van der Waals surface area contributed by atoms with E-state index >= 15 is 0 Å². The van der Waals surface area contributed by atoms with Crippen LogP contribution in [0.15, 0.2) is 52.9 Å². The summed E-state index contributed by atoms with van der Waals surface area (Å²) in [6.07, 6.45) is -4.58. The lowest BCUT2D eigenvalue weighted by molar-refractivity contribution is -0.137. The summed E-state index contributed by atoms with van der Waals surface area (Å²) in [6.45, 7) is 5.27. The van der Waals surface area contributed by atoms with Crippen molar-refractivity contribution in [1.82, 2.24) is 15.5 Å². The van der Waals surface area contributed by atoms with E-state index in [1.165, 1.54) is 12.1 Å². The van der Waals surface area contributed by atoms with Gasteiger partial charge in [0.05, 0.1) is 12.1 Å². The van der Waals surface area contributed by atoms with E-state index in [4.69, 9.17) is 9.15 Å². The molecule has 0 atom stereocenters. The fraction of sp³-hybridized carbons (Fsp3) is 0.318. The molecule has 0 aliphatic rings. The second-order valence-corrected chi connectivity index (χ2v) is 7.89. The summed E-state index contributed by atoms with van der Waals surface area (Å²) in [7, 11) is 0. The number of alkyl halides is 3. The highest BCUT2D eigenvalue weighted by molar-refractivity contribution is 5.67. The Kier molecular flexibility index (Phi) is 6.33. The minimum atomic E-state index is -4.37. The Bertz CT molecular complexity index is 1040. The van der Waals surface area contributed by atoms with Crippen molar-refractivity contribution in [3.8, 4) is 11.5 Å². The predicted molar refractivity (Wildman–Crippen MR) is 107 cm³/mol. The molecule has 31 heavy (non-hydrogen) atoms. The Labute approximate surface area is 177 Å². The monoisotopic (exact) mass is 433 g/mol. The van der Waals surface area contributed by atoms with Crippen LogP contribution in [0.1, 0.15) is 43.4 Å². The molecule has 1 amide bonds. The Hall–Kier alpha value is -3.36. The van der Waals surface area contributed by atoms with Gasteiger partial charge in [0, 0.05) is 5.56 Å². The predicted octanol–water partition coefficient (Wildman–Crippen LogP) is 5.37. The Balaban J connectivity index is 1.71. The number of nitrogens with zero attached hydrogens (tertiary/aromatic N) is 2. The maximum atomic E-state index is 12.8. The first-order chi connectivity index (χ1) is 14.5. The second kappa shape index (κ2) is 8.79. The number of hydrogen-bond donors (Lipinski definition) is 1. The summed E-state index contributed by atoms with van der Waals surface area (Å²) in [5.41, 5.74) is 0.882. The first-order valence-corrected chi connectivity index (χ1v) is 9.55. The van der Waals surface area contributed by atoms with Crippen molar-refractivity contribution < 1.29 is 27.1 Å². The third-order valence-corrected chi connectivity index (χ3v) is 4.17. The van der Waals surface area contributed by atoms with Crippen LogP contribution in [-0.2, 0) is 23.9 Å². The van der Waals surface area contributed by atoms with E-state index in [9.17, 15) is 18.0 Å². The number of nitrogens with one attached hydrogen (secondary N) is 1. The van der Waals surface area contributed by atoms with E-state index in [2.05, 4.69) is 15.5 Å². The van der Waals surface area contributed by atoms with E-state index in [1.54, 1.807) is 32.9 Å². The molecule has 0 fully saturated rings. The van der Waals surface area contributed by atoms with E-state index in [-0.39, 0.29) is 18.3 Å². The quantitative estimate of drug-likeness (QED) is 0.585. The van der Waals surface area contributed by atoms with Gasteiger partial charge in [-0.2, -0.15) is 13.2 Å². The minimum Gasteiger partial charge on any atom is -0.444 e. The number of hydrogen-bond acceptors (Lipinski definition) is 5. The lowest BCUT2D eigenvalue weighted by Gasteiger charge is -2.19. The summed E-state index contributed by atoms with van der Waals surface area (Å²) in [6, 6.07) is 12.3. The fourth-order valence-corrected chi connectivity index (χ4v) is 2.81. The molecule has 0 radical (unpaired) electrons. The van der Waals surface area contributed by atoms with Crippen molar-refractivity contribution in [1.29, 1.82) is 0 Å². The zero-order valence-corrected chi connectivity index (χ0v) is 17.3. The zero-order chi connectivity index (χ0) is 22.6. The fourth-order valence-electron chi connectivity index (χ4n) is 2.81. The Morgan fingerprint density at radius 3 is 2.35 bits per heavy atom. The molecule has 1 aromatic heterocycles. The van der Waals surface area contributed by atoms with Crippen LogP contribution >= 0.6 is 0 Å². The van der Waals surface area contributed by atoms with Crippen LogP contribution in [0.2, 0.25) is 0 Å². The summed E-state index contributed by atoms with van der Waals surface area (Å²) >= 11 is 0. The van der Waals surface area contributed by atoms with Gasteiger partial charge >= 0.3 is 12.3 Å². The molecule has 0 spiro atoms. The van der Waals surface area contributed by atoms with Gasteiger partial charge in [0.2, 0.25) is 11.8 Å². The Morgan fingerprint density at radius 2 is 1.71 bits per heavy atom. The number of aromatic nitrogens is 2. The number of alkyl carbamates (subject to hydrolysis) is 1. The van der Waals surface area contributed by atoms with Crippen LogP contribution in [-0.4, -0.2) is 21.9 Å². The van der Waals surface area contributed by atoms with Crippen LogP contribution in [0, 0.1) is 0 Å². The van der Waals surface area contributed by atoms with Crippen LogP contribution < -0.4 is 5.32 Å². The van der Waals surface area contributed by atoms with Crippen molar-refractivity contribution in [2.45, 2.75) is 45.5 Å². The number of ether oxygens (including phenoxy) is 1. The smallest absolute Gasteiger partial charge is 0.416 e. The minimum absolute atomic E-state index is 0.00296. The number of halogens is 3. The number of benzene rings is 2. The molecule has 2 aromatic carbocycles. The molecule has 1 heterocycles. The van der Waals surface area contributed by atoms with Gasteiger partial charge in [0.25, 0.3) is 0 Å². The van der Waals surface area contributed by atoms with Gasteiger partial charge in [-0.25, -0.2) is 4.79 Å². The van der Waals surface area contributed by atoms with Gasteiger partial charge in [-0.3, -0.25) is 0 Å². The molecule has 0 unspecified atom stereocenters. The van der Waals surface area contributed by atoms with Gasteiger partial charge in [-0.1, -0.05) is 30.3 Å². The summed E-state index contributed by atoms with van der Waals surface area (Å²) in [5, 5.41) is 10.5. The number of rotatable bonds is 5. The molecular weight excluding hydrogens is 411 g/mol. The van der Waals surface area contributed by atoms with E-state index in [0.29, 0.717) is 17.5 Å². The molecule has 0 bridgehead atoms. The van der Waals surface area contributed by atoms with Crippen molar-refractivity contribution in [2.75, 3.05) is 0 Å². The molecule has 0 aliphatic heterocycles. The topological polar surface area (TPSA) is 77.2 Å². The largest absolute Gasteiger partial charge is 0.444 e. The van der Waals surface area contributed by atoms with Crippen molar-refractivity contribution in [3.05, 3.63) is 71.1 Å². The van der Waals surface area contributed by atoms with E-state index in [1.807, 2.05) is 12.1 Å². The van der Waals surface area contributed by atoms with Crippen LogP contribution in [0.25, 0.3) is 11.5 Å². The zero-order valence-electron chi connectivity index (χ0n) is 17.3. The SMILES string of the molecule is CC(C)(C)OC(=O)NCc1nnc(-c2ccccc2Cc2ccc(C(F)(F)F)cc2)o1. The Morgan fingerprint density at radius 1 is 1.03 bits per heavy atom. The van der Waals surface area contributed by atoms with Crippen molar-refractivity contribution in [2.24, 2.45) is 0 Å². The molecule has 9 heteroatoms. The lowest BCUT2D eigenvalue weighted by atomic mass is 9.99. The molecule has 0 aliphatic carbocycles. The second-order valence-electron chi connectivity index (χ2n) is 7.89. The molecule has 164 valence electrons. The molecule has 6 nitrogen and oxygen atoms in total. The number of amides is 1. The molecule has 0 saturated heterocycles. The third-order valence-electron chi connectivity index (χ3n) is 4.17. The molecule has 3 aromatic rings. The van der Waals surface area contributed by atoms with Gasteiger partial charge in [-0.05, 0) is 56.5 Å². The average molecular weight is 433 g/mol. The maximum Gasteiger partial charge on any atom is 0.416 e. The molecule has 3 rings (SSSR count). The molecule has 0 saturated carbocycles. The first-order valence-electron chi connectivity index (χ1n) is 9.55.